The van der Waals surface area contributed by atoms with Gasteiger partial charge in [-0.3, -0.25) is 4.79 Å². The molecular formula is C20H30FNO. The van der Waals surface area contributed by atoms with Crippen LogP contribution in [0.3, 0.4) is 0 Å². The van der Waals surface area contributed by atoms with Gasteiger partial charge in [-0.05, 0) is 68.8 Å². The fourth-order valence-corrected chi connectivity index (χ4v) is 4.24. The molecule has 0 bridgehead atoms. The van der Waals surface area contributed by atoms with Crippen molar-refractivity contribution >= 4 is 5.78 Å². The molecule has 1 aromatic carbocycles. The van der Waals surface area contributed by atoms with Crippen LogP contribution in [-0.2, 0) is 4.79 Å². The molecule has 0 radical (unpaired) electrons. The Kier molecular flexibility index (Phi) is 5.96. The van der Waals surface area contributed by atoms with Gasteiger partial charge in [-0.15, -0.1) is 0 Å². The number of piperidine rings is 1. The lowest BCUT2D eigenvalue weighted by Gasteiger charge is -2.45. The van der Waals surface area contributed by atoms with Crippen LogP contribution in [0.15, 0.2) is 24.3 Å². The van der Waals surface area contributed by atoms with Gasteiger partial charge >= 0.3 is 0 Å². The number of carbonyl (C=O) groups excluding carboxylic acids is 1. The van der Waals surface area contributed by atoms with Crippen LogP contribution in [0.25, 0.3) is 0 Å². The summed E-state index contributed by atoms with van der Waals surface area (Å²) in [6, 6.07) is 6.74. The highest BCUT2D eigenvalue weighted by atomic mass is 19.1. The van der Waals surface area contributed by atoms with Gasteiger partial charge in [-0.1, -0.05) is 32.9 Å². The number of hydrogen-bond acceptors (Lipinski definition) is 2. The van der Waals surface area contributed by atoms with Gasteiger partial charge in [0.15, 0.2) is 0 Å². The molecule has 2 rings (SSSR count). The molecule has 0 aromatic heterocycles. The first-order valence-corrected chi connectivity index (χ1v) is 8.88. The molecular weight excluding hydrogens is 289 g/mol. The van der Waals surface area contributed by atoms with Crippen molar-refractivity contribution in [1.82, 2.24) is 4.90 Å². The first kappa shape index (κ1) is 18.1. The monoisotopic (exact) mass is 319 g/mol. The van der Waals surface area contributed by atoms with Crippen molar-refractivity contribution in [3.63, 3.8) is 0 Å². The molecule has 0 amide bonds. The van der Waals surface area contributed by atoms with Crippen molar-refractivity contribution < 1.29 is 9.18 Å². The molecule has 23 heavy (non-hydrogen) atoms. The van der Waals surface area contributed by atoms with Crippen molar-refractivity contribution in [3.8, 4) is 0 Å². The van der Waals surface area contributed by atoms with Crippen LogP contribution in [0.4, 0.5) is 4.39 Å². The third-order valence-corrected chi connectivity index (χ3v) is 5.42. The fourth-order valence-electron chi connectivity index (χ4n) is 4.24. The first-order chi connectivity index (χ1) is 10.9. The third-order valence-electron chi connectivity index (χ3n) is 5.42. The van der Waals surface area contributed by atoms with E-state index in [4.69, 9.17) is 0 Å². The summed E-state index contributed by atoms with van der Waals surface area (Å²) in [7, 11) is 0. The van der Waals surface area contributed by atoms with E-state index in [0.717, 1.165) is 44.5 Å². The Morgan fingerprint density at radius 1 is 1.22 bits per heavy atom. The minimum absolute atomic E-state index is 0.182. The van der Waals surface area contributed by atoms with Gasteiger partial charge < -0.3 is 4.90 Å². The fraction of sp³-hybridized carbons (Fsp3) is 0.650. The first-order valence-electron chi connectivity index (χ1n) is 8.88. The summed E-state index contributed by atoms with van der Waals surface area (Å²) in [5.41, 5.74) is 0.807. The van der Waals surface area contributed by atoms with E-state index in [1.54, 1.807) is 6.92 Å². The SMILES string of the molecule is CCC(c1ccc(F)cc1)C1(C(C)=O)CCN(CC(C)C)CC1. The standard InChI is InChI=1S/C20H30FNO/c1-5-19(17-6-8-18(21)9-7-17)20(16(4)23)10-12-22(13-11-20)14-15(2)3/h6-9,15,19H,5,10-14H2,1-4H3. The maximum absolute atomic E-state index is 13.2. The Morgan fingerprint density at radius 3 is 2.22 bits per heavy atom. The van der Waals surface area contributed by atoms with Crippen molar-refractivity contribution in [1.29, 1.82) is 0 Å². The largest absolute Gasteiger partial charge is 0.303 e. The normalized spacial score (nSPS) is 19.7. The number of Topliss-reactive ketones (excluding diaryl/α,β-unsaturated/α-hetero) is 1. The molecule has 1 saturated heterocycles. The van der Waals surface area contributed by atoms with Crippen LogP contribution in [0.1, 0.15) is 58.4 Å². The Bertz CT molecular complexity index is 515. The van der Waals surface area contributed by atoms with Gasteiger partial charge in [-0.2, -0.15) is 0 Å². The van der Waals surface area contributed by atoms with E-state index in [2.05, 4.69) is 25.7 Å². The van der Waals surface area contributed by atoms with Crippen LogP contribution >= 0.6 is 0 Å². The Labute approximate surface area is 140 Å². The zero-order valence-corrected chi connectivity index (χ0v) is 14.9. The van der Waals surface area contributed by atoms with E-state index in [9.17, 15) is 9.18 Å². The molecule has 1 unspecified atom stereocenters. The zero-order valence-electron chi connectivity index (χ0n) is 14.9. The minimum atomic E-state index is -0.292. The molecule has 1 atom stereocenters. The van der Waals surface area contributed by atoms with E-state index in [1.165, 1.54) is 12.1 Å². The molecule has 2 nitrogen and oxygen atoms in total. The lowest BCUT2D eigenvalue weighted by molar-refractivity contribution is -0.131. The van der Waals surface area contributed by atoms with E-state index < -0.39 is 0 Å². The number of rotatable bonds is 6. The van der Waals surface area contributed by atoms with Gasteiger partial charge in [-0.25, -0.2) is 4.39 Å². The number of benzene rings is 1. The quantitative estimate of drug-likeness (QED) is 0.761. The lowest BCUT2D eigenvalue weighted by Crippen LogP contribution is -2.47. The number of nitrogens with zero attached hydrogens (tertiary/aromatic N) is 1. The molecule has 0 aliphatic carbocycles. The Balaban J connectivity index is 2.23. The summed E-state index contributed by atoms with van der Waals surface area (Å²) >= 11 is 0. The second kappa shape index (κ2) is 7.57. The maximum Gasteiger partial charge on any atom is 0.136 e. The summed E-state index contributed by atoms with van der Waals surface area (Å²) in [4.78, 5) is 15.1. The van der Waals surface area contributed by atoms with Gasteiger partial charge in [0.05, 0.1) is 0 Å². The highest BCUT2D eigenvalue weighted by Crippen LogP contribution is 2.47. The highest BCUT2D eigenvalue weighted by Gasteiger charge is 2.45. The van der Waals surface area contributed by atoms with Crippen molar-refractivity contribution in [2.45, 2.75) is 52.9 Å². The average molecular weight is 319 g/mol. The van der Waals surface area contributed by atoms with Crippen LogP contribution in [0.5, 0.6) is 0 Å². The minimum Gasteiger partial charge on any atom is -0.303 e. The van der Waals surface area contributed by atoms with Gasteiger partial charge in [0, 0.05) is 12.0 Å². The smallest absolute Gasteiger partial charge is 0.136 e. The van der Waals surface area contributed by atoms with E-state index in [1.807, 2.05) is 12.1 Å². The zero-order chi connectivity index (χ0) is 17.0. The lowest BCUT2D eigenvalue weighted by atomic mass is 9.63. The number of likely N-dealkylation sites (tertiary alicyclic amines) is 1. The number of halogens is 1. The van der Waals surface area contributed by atoms with Crippen LogP contribution < -0.4 is 0 Å². The molecule has 1 aliphatic heterocycles. The van der Waals surface area contributed by atoms with Gasteiger partial charge in [0.2, 0.25) is 0 Å². The van der Waals surface area contributed by atoms with Gasteiger partial charge in [0.25, 0.3) is 0 Å². The molecule has 3 heteroatoms. The third kappa shape index (κ3) is 4.00. The molecule has 0 saturated carbocycles. The Morgan fingerprint density at radius 2 is 1.78 bits per heavy atom. The molecule has 0 spiro atoms. The molecule has 1 heterocycles. The van der Waals surface area contributed by atoms with Gasteiger partial charge in [0.1, 0.15) is 11.6 Å². The summed E-state index contributed by atoms with van der Waals surface area (Å²) in [5, 5.41) is 0. The van der Waals surface area contributed by atoms with Crippen molar-refractivity contribution in [2.75, 3.05) is 19.6 Å². The molecule has 0 N–H and O–H groups in total. The second-order valence-electron chi connectivity index (χ2n) is 7.42. The van der Waals surface area contributed by atoms with Crippen LogP contribution in [-0.4, -0.2) is 30.3 Å². The van der Waals surface area contributed by atoms with Crippen molar-refractivity contribution in [3.05, 3.63) is 35.6 Å². The van der Waals surface area contributed by atoms with Crippen molar-refractivity contribution in [2.24, 2.45) is 11.3 Å². The molecule has 1 aliphatic rings. The number of hydrogen-bond donors (Lipinski definition) is 0. The maximum atomic E-state index is 13.2. The summed E-state index contributed by atoms with van der Waals surface area (Å²) in [5.74, 6) is 0.908. The number of carbonyl (C=O) groups is 1. The summed E-state index contributed by atoms with van der Waals surface area (Å²) in [6.07, 6.45) is 2.73. The van der Waals surface area contributed by atoms with Crippen LogP contribution in [0, 0.1) is 17.2 Å². The topological polar surface area (TPSA) is 20.3 Å². The summed E-state index contributed by atoms with van der Waals surface area (Å²) in [6.45, 7) is 11.4. The molecule has 1 aromatic rings. The predicted octanol–water partition coefficient (Wildman–Crippen LogP) is 4.65. The average Bonchev–Trinajstić information content (AvgIpc) is 2.51. The molecule has 1 fully saturated rings. The van der Waals surface area contributed by atoms with E-state index in [0.29, 0.717) is 5.92 Å². The van der Waals surface area contributed by atoms with E-state index in [-0.39, 0.29) is 22.9 Å². The highest BCUT2D eigenvalue weighted by molar-refractivity contribution is 5.83. The molecule has 128 valence electrons. The van der Waals surface area contributed by atoms with E-state index >= 15 is 0 Å². The number of ketones is 1. The van der Waals surface area contributed by atoms with Crippen LogP contribution in [0.2, 0.25) is 0 Å². The Hall–Kier alpha value is -1.22. The summed E-state index contributed by atoms with van der Waals surface area (Å²) < 4.78 is 13.2. The predicted molar refractivity (Wildman–Crippen MR) is 93.1 cm³/mol. The second-order valence-corrected chi connectivity index (χ2v) is 7.42.